The maximum absolute atomic E-state index is 11.8. The average Bonchev–Trinajstić information content (AvgIpc) is 3.24. The lowest BCUT2D eigenvalue weighted by Crippen LogP contribution is -2.47. The molecule has 2 heterocycles. The second-order valence-electron chi connectivity index (χ2n) is 7.78. The molecular formula is C23H23Cl2N3O5S. The molecule has 0 unspecified atom stereocenters. The average molecular weight is 524 g/mol. The number of aromatic nitrogens is 1. The number of nitriles is 1. The van der Waals surface area contributed by atoms with Gasteiger partial charge < -0.3 is 18.8 Å². The molecule has 1 atom stereocenters. The van der Waals surface area contributed by atoms with E-state index in [-0.39, 0.29) is 25.9 Å². The summed E-state index contributed by atoms with van der Waals surface area (Å²) < 4.78 is 44.0. The molecule has 0 spiro atoms. The van der Waals surface area contributed by atoms with E-state index in [0.717, 1.165) is 16.6 Å². The first-order valence-electron chi connectivity index (χ1n) is 10.5. The van der Waals surface area contributed by atoms with E-state index in [9.17, 15) is 13.7 Å². The first kappa shape index (κ1) is 24.6. The van der Waals surface area contributed by atoms with Gasteiger partial charge in [0.05, 0.1) is 34.8 Å². The van der Waals surface area contributed by atoms with Gasteiger partial charge in [0.2, 0.25) is 10.0 Å². The topological polar surface area (TPSA) is 93.8 Å². The van der Waals surface area contributed by atoms with Gasteiger partial charge in [0.25, 0.3) is 0 Å². The van der Waals surface area contributed by atoms with Gasteiger partial charge >= 0.3 is 0 Å². The lowest BCUT2D eigenvalue weighted by atomic mass is 10.2. The Kier molecular flexibility index (Phi) is 7.55. The van der Waals surface area contributed by atoms with Crippen LogP contribution in [0.2, 0.25) is 5.02 Å². The maximum Gasteiger partial charge on any atom is 0.211 e. The molecule has 3 aromatic rings. The lowest BCUT2D eigenvalue weighted by Gasteiger charge is -2.31. The number of benzene rings is 2. The van der Waals surface area contributed by atoms with Gasteiger partial charge in [-0.05, 0) is 36.4 Å². The SMILES string of the molecule is CS(=O)(=O)N1CCO[C@@H](COc2ccc3c(ccn3-c3cc(Cl)c(OCCCl)c(C#N)c3)c2)C1. The quantitative estimate of drug-likeness (QED) is 0.416. The highest BCUT2D eigenvalue weighted by Crippen LogP contribution is 2.33. The molecule has 0 aliphatic carbocycles. The van der Waals surface area contributed by atoms with Gasteiger partial charge in [-0.2, -0.15) is 9.57 Å². The number of sulfonamides is 1. The van der Waals surface area contributed by atoms with Gasteiger partial charge in [-0.1, -0.05) is 11.6 Å². The van der Waals surface area contributed by atoms with Crippen molar-refractivity contribution in [3.05, 3.63) is 53.2 Å². The third-order valence-electron chi connectivity index (χ3n) is 5.42. The summed E-state index contributed by atoms with van der Waals surface area (Å²) >= 11 is 12.1. The van der Waals surface area contributed by atoms with Crippen LogP contribution in [0.4, 0.5) is 0 Å². The first-order valence-corrected chi connectivity index (χ1v) is 13.3. The highest BCUT2D eigenvalue weighted by atomic mass is 35.5. The third-order valence-corrected chi connectivity index (χ3v) is 7.12. The van der Waals surface area contributed by atoms with Crippen molar-refractivity contribution in [1.82, 2.24) is 8.87 Å². The molecule has 1 aliphatic rings. The highest BCUT2D eigenvalue weighted by molar-refractivity contribution is 7.88. The van der Waals surface area contributed by atoms with E-state index in [4.69, 9.17) is 37.4 Å². The summed E-state index contributed by atoms with van der Waals surface area (Å²) in [6.07, 6.45) is 2.74. The minimum absolute atomic E-state index is 0.239. The molecule has 180 valence electrons. The van der Waals surface area contributed by atoms with Crippen LogP contribution in [0, 0.1) is 11.3 Å². The van der Waals surface area contributed by atoms with Crippen LogP contribution in [0.25, 0.3) is 16.6 Å². The molecule has 0 amide bonds. The number of morpholine rings is 1. The summed E-state index contributed by atoms with van der Waals surface area (Å²) in [7, 11) is -3.26. The number of nitrogens with zero attached hydrogens (tertiary/aromatic N) is 3. The number of alkyl halides is 1. The van der Waals surface area contributed by atoms with Crippen LogP contribution in [0.1, 0.15) is 5.56 Å². The van der Waals surface area contributed by atoms with Crippen molar-refractivity contribution >= 4 is 44.1 Å². The predicted molar refractivity (Wildman–Crippen MR) is 131 cm³/mol. The number of ether oxygens (including phenoxy) is 3. The second-order valence-corrected chi connectivity index (χ2v) is 10.6. The number of rotatable bonds is 8. The Labute approximate surface area is 208 Å². The summed E-state index contributed by atoms with van der Waals surface area (Å²) in [6.45, 7) is 1.45. The van der Waals surface area contributed by atoms with E-state index in [1.807, 2.05) is 35.0 Å². The predicted octanol–water partition coefficient (Wildman–Crippen LogP) is 3.81. The smallest absolute Gasteiger partial charge is 0.211 e. The molecule has 1 fully saturated rings. The third kappa shape index (κ3) is 5.43. The summed E-state index contributed by atoms with van der Waals surface area (Å²) in [5.74, 6) is 1.25. The zero-order valence-corrected chi connectivity index (χ0v) is 20.7. The van der Waals surface area contributed by atoms with E-state index >= 15 is 0 Å². The second kappa shape index (κ2) is 10.4. The zero-order valence-electron chi connectivity index (χ0n) is 18.4. The van der Waals surface area contributed by atoms with Crippen LogP contribution >= 0.6 is 23.2 Å². The van der Waals surface area contributed by atoms with Crippen molar-refractivity contribution in [3.8, 4) is 23.3 Å². The molecule has 2 aromatic carbocycles. The largest absolute Gasteiger partial charge is 0.491 e. The van der Waals surface area contributed by atoms with E-state index in [0.29, 0.717) is 41.1 Å². The molecule has 8 nitrogen and oxygen atoms in total. The standard InChI is InChI=1S/C23H23Cl2N3O5S/c1-34(29,30)27-7-9-31-20(14-27)15-33-19-2-3-22-16(11-19)4-6-28(22)18-10-17(13-26)23(21(25)12-18)32-8-5-24/h2-4,6,10-12,20H,5,7-9,14-15H2,1H3/t20-/m1/s1. The lowest BCUT2D eigenvalue weighted by molar-refractivity contribution is -0.0247. The van der Waals surface area contributed by atoms with Crippen molar-refractivity contribution in [2.75, 3.05) is 45.0 Å². The van der Waals surface area contributed by atoms with Gasteiger partial charge in [0.15, 0.2) is 5.75 Å². The number of hydrogen-bond donors (Lipinski definition) is 0. The van der Waals surface area contributed by atoms with E-state index in [2.05, 4.69) is 6.07 Å². The van der Waals surface area contributed by atoms with Crippen molar-refractivity contribution in [2.24, 2.45) is 0 Å². The molecular weight excluding hydrogens is 501 g/mol. The fourth-order valence-corrected chi connectivity index (χ4v) is 5.00. The van der Waals surface area contributed by atoms with Crippen LogP contribution in [0.15, 0.2) is 42.6 Å². The van der Waals surface area contributed by atoms with Crippen molar-refractivity contribution in [1.29, 1.82) is 5.26 Å². The molecule has 0 saturated carbocycles. The van der Waals surface area contributed by atoms with Gasteiger partial charge in [0.1, 0.15) is 31.1 Å². The van der Waals surface area contributed by atoms with Crippen LogP contribution < -0.4 is 9.47 Å². The van der Waals surface area contributed by atoms with Gasteiger partial charge in [0, 0.05) is 30.4 Å². The summed E-state index contributed by atoms with van der Waals surface area (Å²) in [4.78, 5) is 0. The Balaban J connectivity index is 1.52. The van der Waals surface area contributed by atoms with Gasteiger partial charge in [-0.15, -0.1) is 11.6 Å². The van der Waals surface area contributed by atoms with Crippen molar-refractivity contribution in [3.63, 3.8) is 0 Å². The Hall–Kier alpha value is -2.48. The minimum atomic E-state index is -3.26. The van der Waals surface area contributed by atoms with Crippen molar-refractivity contribution in [2.45, 2.75) is 6.10 Å². The molecule has 0 N–H and O–H groups in total. The van der Waals surface area contributed by atoms with Gasteiger partial charge in [-0.25, -0.2) is 8.42 Å². The number of fused-ring (bicyclic) bond motifs is 1. The van der Waals surface area contributed by atoms with E-state index in [1.54, 1.807) is 12.1 Å². The van der Waals surface area contributed by atoms with Gasteiger partial charge in [-0.3, -0.25) is 0 Å². The molecule has 1 saturated heterocycles. The number of halogens is 2. The Bertz CT molecular complexity index is 1340. The fourth-order valence-electron chi connectivity index (χ4n) is 3.81. The number of hydrogen-bond acceptors (Lipinski definition) is 6. The summed E-state index contributed by atoms with van der Waals surface area (Å²) in [5, 5.41) is 10.8. The van der Waals surface area contributed by atoms with Crippen LogP contribution in [-0.2, 0) is 14.8 Å². The first-order chi connectivity index (χ1) is 16.3. The molecule has 0 bridgehead atoms. The molecule has 0 radical (unpaired) electrons. The van der Waals surface area contributed by atoms with Crippen LogP contribution in [-0.4, -0.2) is 68.4 Å². The van der Waals surface area contributed by atoms with Crippen LogP contribution in [0.5, 0.6) is 11.5 Å². The Morgan fingerprint density at radius 1 is 1.24 bits per heavy atom. The minimum Gasteiger partial charge on any atom is -0.491 e. The van der Waals surface area contributed by atoms with Crippen molar-refractivity contribution < 1.29 is 22.6 Å². The normalized spacial score (nSPS) is 16.9. The van der Waals surface area contributed by atoms with E-state index < -0.39 is 10.0 Å². The summed E-state index contributed by atoms with van der Waals surface area (Å²) in [6, 6.07) is 13.2. The molecule has 4 rings (SSSR count). The summed E-state index contributed by atoms with van der Waals surface area (Å²) in [5.41, 5.74) is 1.95. The molecule has 34 heavy (non-hydrogen) atoms. The fraction of sp³-hybridized carbons (Fsp3) is 0.348. The van der Waals surface area contributed by atoms with E-state index in [1.165, 1.54) is 10.6 Å². The molecule has 1 aromatic heterocycles. The zero-order chi connectivity index (χ0) is 24.3. The maximum atomic E-state index is 11.8. The highest BCUT2D eigenvalue weighted by Gasteiger charge is 2.27. The Morgan fingerprint density at radius 2 is 2.06 bits per heavy atom. The Morgan fingerprint density at radius 3 is 2.79 bits per heavy atom. The monoisotopic (exact) mass is 523 g/mol. The van der Waals surface area contributed by atoms with Crippen LogP contribution in [0.3, 0.4) is 0 Å². The molecule has 11 heteroatoms. The molecule has 1 aliphatic heterocycles.